The van der Waals surface area contributed by atoms with Crippen LogP contribution in [-0.2, 0) is 4.74 Å². The molecule has 0 bridgehead atoms. The molecule has 0 fully saturated rings. The predicted molar refractivity (Wildman–Crippen MR) is 76.3 cm³/mol. The standard InChI is InChI=1S/C14H18N4O2/c1-20-9-11(4-5-15)18-14(19)10-2-3-12-13(8-10)17-7-6-16-12/h2-3,6-8,11H,4-5,9,15H2,1H3,(H,18,19). The number of nitrogens with zero attached hydrogens (tertiary/aromatic N) is 2. The van der Waals surface area contributed by atoms with Crippen molar-refractivity contribution < 1.29 is 9.53 Å². The van der Waals surface area contributed by atoms with Gasteiger partial charge in [-0.05, 0) is 31.2 Å². The van der Waals surface area contributed by atoms with Crippen LogP contribution in [0.3, 0.4) is 0 Å². The van der Waals surface area contributed by atoms with E-state index in [4.69, 9.17) is 10.5 Å². The van der Waals surface area contributed by atoms with Crippen LogP contribution in [0.1, 0.15) is 16.8 Å². The first kappa shape index (κ1) is 14.4. The number of aromatic nitrogens is 2. The van der Waals surface area contributed by atoms with Gasteiger partial charge in [-0.15, -0.1) is 0 Å². The fourth-order valence-corrected chi connectivity index (χ4v) is 1.97. The highest BCUT2D eigenvalue weighted by Gasteiger charge is 2.13. The quantitative estimate of drug-likeness (QED) is 0.810. The number of hydrogen-bond donors (Lipinski definition) is 2. The van der Waals surface area contributed by atoms with Crippen LogP contribution in [0.2, 0.25) is 0 Å². The summed E-state index contributed by atoms with van der Waals surface area (Å²) < 4.78 is 5.07. The van der Waals surface area contributed by atoms with Gasteiger partial charge in [-0.3, -0.25) is 14.8 Å². The molecule has 6 nitrogen and oxygen atoms in total. The molecule has 0 radical (unpaired) electrons. The largest absolute Gasteiger partial charge is 0.383 e. The van der Waals surface area contributed by atoms with E-state index in [2.05, 4.69) is 15.3 Å². The Hall–Kier alpha value is -2.05. The van der Waals surface area contributed by atoms with Crippen molar-refractivity contribution in [2.24, 2.45) is 5.73 Å². The van der Waals surface area contributed by atoms with Crippen molar-refractivity contribution in [1.82, 2.24) is 15.3 Å². The number of rotatable bonds is 6. The van der Waals surface area contributed by atoms with Crippen molar-refractivity contribution in [3.8, 4) is 0 Å². The van der Waals surface area contributed by atoms with Gasteiger partial charge >= 0.3 is 0 Å². The van der Waals surface area contributed by atoms with Gasteiger partial charge in [-0.2, -0.15) is 0 Å². The number of carbonyl (C=O) groups excluding carboxylic acids is 1. The molecule has 1 unspecified atom stereocenters. The third-order valence-corrected chi connectivity index (χ3v) is 2.95. The fourth-order valence-electron chi connectivity index (χ4n) is 1.97. The van der Waals surface area contributed by atoms with Gasteiger partial charge in [0.25, 0.3) is 5.91 Å². The average Bonchev–Trinajstić information content (AvgIpc) is 2.47. The molecule has 3 N–H and O–H groups in total. The lowest BCUT2D eigenvalue weighted by molar-refractivity contribution is 0.0893. The van der Waals surface area contributed by atoms with E-state index in [1.165, 1.54) is 0 Å². The van der Waals surface area contributed by atoms with Gasteiger partial charge in [0, 0.05) is 25.1 Å². The molecule has 106 valence electrons. The molecule has 0 saturated carbocycles. The molecule has 1 aromatic carbocycles. The Bertz CT molecular complexity index is 582. The molecule has 0 spiro atoms. The zero-order chi connectivity index (χ0) is 14.4. The lowest BCUT2D eigenvalue weighted by Crippen LogP contribution is -2.39. The Labute approximate surface area is 117 Å². The van der Waals surface area contributed by atoms with Crippen LogP contribution >= 0.6 is 0 Å². The maximum absolute atomic E-state index is 12.2. The molecule has 1 atom stereocenters. The third-order valence-electron chi connectivity index (χ3n) is 2.95. The minimum atomic E-state index is -0.159. The van der Waals surface area contributed by atoms with Crippen molar-refractivity contribution in [2.75, 3.05) is 20.3 Å². The molecule has 20 heavy (non-hydrogen) atoms. The topological polar surface area (TPSA) is 90.1 Å². The monoisotopic (exact) mass is 274 g/mol. The number of ether oxygens (including phenoxy) is 1. The number of nitrogens with one attached hydrogen (secondary N) is 1. The summed E-state index contributed by atoms with van der Waals surface area (Å²) in [6.07, 6.45) is 3.90. The minimum Gasteiger partial charge on any atom is -0.383 e. The van der Waals surface area contributed by atoms with Crippen LogP contribution in [-0.4, -0.2) is 42.2 Å². The molecule has 2 rings (SSSR count). The number of carbonyl (C=O) groups is 1. The van der Waals surface area contributed by atoms with E-state index in [0.717, 1.165) is 5.52 Å². The number of amides is 1. The number of benzene rings is 1. The Morgan fingerprint density at radius 2 is 2.10 bits per heavy atom. The zero-order valence-corrected chi connectivity index (χ0v) is 11.4. The third kappa shape index (κ3) is 3.49. The lowest BCUT2D eigenvalue weighted by Gasteiger charge is -2.17. The zero-order valence-electron chi connectivity index (χ0n) is 11.4. The van der Waals surface area contributed by atoms with Crippen molar-refractivity contribution in [2.45, 2.75) is 12.5 Å². The van der Waals surface area contributed by atoms with Gasteiger partial charge in [0.05, 0.1) is 23.7 Å². The van der Waals surface area contributed by atoms with Gasteiger partial charge < -0.3 is 15.8 Å². The summed E-state index contributed by atoms with van der Waals surface area (Å²) >= 11 is 0. The molecule has 1 heterocycles. The highest BCUT2D eigenvalue weighted by molar-refractivity contribution is 5.97. The Kier molecular flexibility index (Phi) is 4.97. The van der Waals surface area contributed by atoms with Crippen LogP contribution in [0, 0.1) is 0 Å². The van der Waals surface area contributed by atoms with Gasteiger partial charge in [0.15, 0.2) is 0 Å². The summed E-state index contributed by atoms with van der Waals surface area (Å²) in [5.74, 6) is -0.159. The highest BCUT2D eigenvalue weighted by Crippen LogP contribution is 2.11. The van der Waals surface area contributed by atoms with E-state index in [0.29, 0.717) is 30.7 Å². The predicted octanol–water partition coefficient (Wildman–Crippen LogP) is 0.723. The first-order valence-electron chi connectivity index (χ1n) is 6.45. The van der Waals surface area contributed by atoms with E-state index in [9.17, 15) is 4.79 Å². The summed E-state index contributed by atoms with van der Waals surface area (Å²) in [6, 6.07) is 5.16. The van der Waals surface area contributed by atoms with Crippen molar-refractivity contribution in [3.63, 3.8) is 0 Å². The van der Waals surface area contributed by atoms with Gasteiger partial charge in [0.1, 0.15) is 0 Å². The SMILES string of the molecule is COCC(CCN)NC(=O)c1ccc2nccnc2c1. The second-order valence-corrected chi connectivity index (χ2v) is 4.46. The summed E-state index contributed by atoms with van der Waals surface area (Å²) in [5, 5.41) is 2.91. The second kappa shape index (κ2) is 6.93. The number of hydrogen-bond acceptors (Lipinski definition) is 5. The smallest absolute Gasteiger partial charge is 0.251 e. The molecule has 0 aliphatic heterocycles. The second-order valence-electron chi connectivity index (χ2n) is 4.46. The number of fused-ring (bicyclic) bond motifs is 1. The maximum atomic E-state index is 12.2. The van der Waals surface area contributed by atoms with E-state index >= 15 is 0 Å². The molecule has 0 aliphatic carbocycles. The van der Waals surface area contributed by atoms with Crippen LogP contribution < -0.4 is 11.1 Å². The van der Waals surface area contributed by atoms with Crippen LogP contribution in [0.5, 0.6) is 0 Å². The van der Waals surface area contributed by atoms with Crippen LogP contribution in [0.25, 0.3) is 11.0 Å². The van der Waals surface area contributed by atoms with E-state index < -0.39 is 0 Å². The first-order chi connectivity index (χ1) is 9.74. The summed E-state index contributed by atoms with van der Waals surface area (Å²) in [6.45, 7) is 0.938. The highest BCUT2D eigenvalue weighted by atomic mass is 16.5. The number of nitrogens with two attached hydrogens (primary N) is 1. The molecule has 2 aromatic rings. The summed E-state index contributed by atoms with van der Waals surface area (Å²) in [5.41, 5.74) is 7.54. The molecule has 6 heteroatoms. The van der Waals surface area contributed by atoms with E-state index in [1.807, 2.05) is 0 Å². The molecule has 0 aliphatic rings. The summed E-state index contributed by atoms with van der Waals surface area (Å²) in [7, 11) is 1.60. The molecular formula is C14H18N4O2. The Morgan fingerprint density at radius 1 is 1.35 bits per heavy atom. The van der Waals surface area contributed by atoms with Crippen molar-refractivity contribution >= 4 is 16.9 Å². The van der Waals surface area contributed by atoms with Crippen molar-refractivity contribution in [1.29, 1.82) is 0 Å². The lowest BCUT2D eigenvalue weighted by atomic mass is 10.1. The van der Waals surface area contributed by atoms with Gasteiger partial charge in [-0.1, -0.05) is 0 Å². The van der Waals surface area contributed by atoms with E-state index in [-0.39, 0.29) is 11.9 Å². The molecule has 0 saturated heterocycles. The minimum absolute atomic E-state index is 0.0879. The van der Waals surface area contributed by atoms with Crippen LogP contribution in [0.4, 0.5) is 0 Å². The number of methoxy groups -OCH3 is 1. The molecular weight excluding hydrogens is 256 g/mol. The Balaban J connectivity index is 2.13. The normalized spacial score (nSPS) is 12.3. The summed E-state index contributed by atoms with van der Waals surface area (Å²) in [4.78, 5) is 20.6. The van der Waals surface area contributed by atoms with Crippen LogP contribution in [0.15, 0.2) is 30.6 Å². The fraction of sp³-hybridized carbons (Fsp3) is 0.357. The average molecular weight is 274 g/mol. The molecule has 1 amide bonds. The molecule has 1 aromatic heterocycles. The Morgan fingerprint density at radius 3 is 2.80 bits per heavy atom. The van der Waals surface area contributed by atoms with Crippen molar-refractivity contribution in [3.05, 3.63) is 36.2 Å². The first-order valence-corrected chi connectivity index (χ1v) is 6.45. The van der Waals surface area contributed by atoms with E-state index in [1.54, 1.807) is 37.7 Å². The van der Waals surface area contributed by atoms with Gasteiger partial charge in [-0.25, -0.2) is 0 Å². The van der Waals surface area contributed by atoms with Gasteiger partial charge in [0.2, 0.25) is 0 Å². The maximum Gasteiger partial charge on any atom is 0.251 e.